The lowest BCUT2D eigenvalue weighted by Gasteiger charge is -2.28. The molecule has 0 saturated heterocycles. The van der Waals surface area contributed by atoms with Crippen LogP contribution in [0.2, 0.25) is 0 Å². The summed E-state index contributed by atoms with van der Waals surface area (Å²) in [5.74, 6) is 0. The second-order valence-corrected chi connectivity index (χ2v) is 6.31. The molecule has 2 N–H and O–H groups in total. The minimum atomic E-state index is -4.34. The fourth-order valence-corrected chi connectivity index (χ4v) is 2.34. The fourth-order valence-electron chi connectivity index (χ4n) is 1.34. The predicted molar refractivity (Wildman–Crippen MR) is 67.4 cm³/mol. The summed E-state index contributed by atoms with van der Waals surface area (Å²) in [7, 11) is 0. The average Bonchev–Trinajstić information content (AvgIpc) is 2.23. The van der Waals surface area contributed by atoms with Gasteiger partial charge in [-0.2, -0.15) is 13.2 Å². The van der Waals surface area contributed by atoms with Gasteiger partial charge in [0.25, 0.3) is 0 Å². The highest BCUT2D eigenvalue weighted by atomic mass is 32.2. The molecule has 1 heterocycles. The highest BCUT2D eigenvalue weighted by Crippen LogP contribution is 2.35. The van der Waals surface area contributed by atoms with E-state index in [9.17, 15) is 13.2 Å². The maximum Gasteiger partial charge on any atom is 0.417 e. The zero-order chi connectivity index (χ0) is 14.0. The highest BCUT2D eigenvalue weighted by Gasteiger charge is 2.31. The van der Waals surface area contributed by atoms with E-state index in [1.54, 1.807) is 0 Å². The number of nitrogens with two attached hydrogens (primary N) is 1. The van der Waals surface area contributed by atoms with Crippen LogP contribution in [0.5, 0.6) is 0 Å². The summed E-state index contributed by atoms with van der Waals surface area (Å²) in [5.41, 5.74) is 4.92. The first-order valence-corrected chi connectivity index (χ1v) is 6.42. The van der Waals surface area contributed by atoms with Crippen LogP contribution in [0.3, 0.4) is 0 Å². The van der Waals surface area contributed by atoms with Gasteiger partial charge in [-0.25, -0.2) is 4.98 Å². The monoisotopic (exact) mass is 278 g/mol. The van der Waals surface area contributed by atoms with Crippen LogP contribution in [0.15, 0.2) is 23.4 Å². The first-order valence-electron chi connectivity index (χ1n) is 5.54. The molecule has 6 heteroatoms. The Balaban J connectivity index is 2.81. The zero-order valence-corrected chi connectivity index (χ0v) is 11.4. The van der Waals surface area contributed by atoms with Crippen molar-refractivity contribution < 1.29 is 13.2 Å². The number of halogens is 3. The van der Waals surface area contributed by atoms with Crippen molar-refractivity contribution in [1.82, 2.24) is 4.98 Å². The number of nitrogens with zero attached hydrogens (tertiary/aromatic N) is 1. The summed E-state index contributed by atoms with van der Waals surface area (Å²) in [6, 6.07) is 2.44. The summed E-state index contributed by atoms with van der Waals surface area (Å²) >= 11 is 1.41. The maximum absolute atomic E-state index is 12.4. The van der Waals surface area contributed by atoms with Crippen LogP contribution in [-0.4, -0.2) is 16.8 Å². The molecule has 0 fully saturated rings. The topological polar surface area (TPSA) is 38.9 Å². The van der Waals surface area contributed by atoms with Crippen molar-refractivity contribution in [3.05, 3.63) is 23.9 Å². The largest absolute Gasteiger partial charge is 0.417 e. The van der Waals surface area contributed by atoms with Crippen LogP contribution in [0.25, 0.3) is 0 Å². The predicted octanol–water partition coefficient (Wildman–Crippen LogP) is 3.57. The van der Waals surface area contributed by atoms with E-state index in [4.69, 9.17) is 5.73 Å². The van der Waals surface area contributed by atoms with Gasteiger partial charge in [-0.3, -0.25) is 0 Å². The van der Waals surface area contributed by atoms with Crippen LogP contribution in [0.1, 0.15) is 26.3 Å². The Kier molecular flexibility index (Phi) is 4.66. The molecule has 1 aromatic heterocycles. The van der Waals surface area contributed by atoms with Gasteiger partial charge in [0.15, 0.2) is 0 Å². The molecule has 0 amide bonds. The molecule has 0 spiro atoms. The summed E-state index contributed by atoms with van der Waals surface area (Å²) in [5, 5.41) is 0.676. The van der Waals surface area contributed by atoms with Crippen LogP contribution in [0, 0.1) is 5.41 Å². The first kappa shape index (κ1) is 15.3. The van der Waals surface area contributed by atoms with Gasteiger partial charge in [0.2, 0.25) is 0 Å². The van der Waals surface area contributed by atoms with Crippen molar-refractivity contribution in [2.75, 3.05) is 6.54 Å². The van der Waals surface area contributed by atoms with E-state index in [1.165, 1.54) is 17.8 Å². The molecule has 0 saturated carbocycles. The van der Waals surface area contributed by atoms with Gasteiger partial charge in [0, 0.05) is 18.0 Å². The SMILES string of the molecule is CC(C)(C)C(CN)Sc1ccc(C(F)(F)F)cn1. The second-order valence-electron chi connectivity index (χ2n) is 5.09. The Bertz CT molecular complexity index is 382. The fraction of sp³-hybridized carbons (Fsp3) is 0.583. The summed E-state index contributed by atoms with van der Waals surface area (Å²) in [4.78, 5) is 3.83. The van der Waals surface area contributed by atoms with Crippen LogP contribution in [-0.2, 0) is 6.18 Å². The van der Waals surface area contributed by atoms with Crippen LogP contribution >= 0.6 is 11.8 Å². The Labute approximate surface area is 109 Å². The molecule has 1 atom stereocenters. The van der Waals surface area contributed by atoms with Gasteiger partial charge in [-0.15, -0.1) is 11.8 Å². The van der Waals surface area contributed by atoms with E-state index in [0.717, 1.165) is 12.3 Å². The standard InChI is InChI=1S/C12H17F3N2S/c1-11(2,3)9(6-16)18-10-5-4-8(7-17-10)12(13,14)15/h4-5,7,9H,6,16H2,1-3H3. The molecule has 0 aliphatic rings. The van der Waals surface area contributed by atoms with Crippen molar-refractivity contribution in [1.29, 1.82) is 0 Å². The molecule has 0 aliphatic carbocycles. The van der Waals surface area contributed by atoms with Gasteiger partial charge in [0.1, 0.15) is 0 Å². The number of pyridine rings is 1. The number of alkyl halides is 3. The molecular weight excluding hydrogens is 261 g/mol. The Morgan fingerprint density at radius 2 is 1.89 bits per heavy atom. The van der Waals surface area contributed by atoms with E-state index in [-0.39, 0.29) is 10.7 Å². The molecule has 0 aliphatic heterocycles. The first-order chi connectivity index (χ1) is 8.14. The second kappa shape index (κ2) is 5.48. The van der Waals surface area contributed by atoms with Crippen molar-refractivity contribution >= 4 is 11.8 Å². The van der Waals surface area contributed by atoms with Crippen molar-refractivity contribution in [3.63, 3.8) is 0 Å². The maximum atomic E-state index is 12.4. The number of rotatable bonds is 3. The van der Waals surface area contributed by atoms with Gasteiger partial charge in [-0.05, 0) is 17.5 Å². The summed E-state index contributed by atoms with van der Waals surface area (Å²) in [6.07, 6.45) is -3.48. The van der Waals surface area contributed by atoms with Gasteiger partial charge >= 0.3 is 6.18 Å². The third kappa shape index (κ3) is 4.17. The molecule has 0 aromatic carbocycles. The lowest BCUT2D eigenvalue weighted by Crippen LogP contribution is -2.30. The number of thioether (sulfide) groups is 1. The molecule has 0 bridgehead atoms. The summed E-state index contributed by atoms with van der Waals surface area (Å²) in [6.45, 7) is 6.59. The normalized spacial score (nSPS) is 14.6. The molecule has 1 rings (SSSR count). The van der Waals surface area contributed by atoms with E-state index in [0.29, 0.717) is 11.6 Å². The van der Waals surface area contributed by atoms with Crippen LogP contribution in [0.4, 0.5) is 13.2 Å². The Hall–Kier alpha value is -0.750. The highest BCUT2D eigenvalue weighted by molar-refractivity contribution is 7.99. The van der Waals surface area contributed by atoms with E-state index >= 15 is 0 Å². The van der Waals surface area contributed by atoms with E-state index < -0.39 is 11.7 Å². The smallest absolute Gasteiger partial charge is 0.329 e. The quantitative estimate of drug-likeness (QED) is 0.859. The molecule has 2 nitrogen and oxygen atoms in total. The minimum Gasteiger partial charge on any atom is -0.329 e. The zero-order valence-electron chi connectivity index (χ0n) is 10.6. The van der Waals surface area contributed by atoms with Crippen molar-refractivity contribution in [2.24, 2.45) is 11.1 Å². The van der Waals surface area contributed by atoms with Crippen molar-refractivity contribution in [2.45, 2.75) is 37.2 Å². The molecular formula is C12H17F3N2S. The molecule has 18 heavy (non-hydrogen) atoms. The molecule has 102 valence electrons. The summed E-state index contributed by atoms with van der Waals surface area (Å²) < 4.78 is 37.1. The Morgan fingerprint density at radius 3 is 2.22 bits per heavy atom. The average molecular weight is 278 g/mol. The third-order valence-corrected chi connectivity index (χ3v) is 4.17. The number of aromatic nitrogens is 1. The molecule has 1 unspecified atom stereocenters. The number of hydrogen-bond acceptors (Lipinski definition) is 3. The van der Waals surface area contributed by atoms with Gasteiger partial charge in [0.05, 0.1) is 10.6 Å². The lowest BCUT2D eigenvalue weighted by molar-refractivity contribution is -0.137. The Morgan fingerprint density at radius 1 is 1.28 bits per heavy atom. The van der Waals surface area contributed by atoms with Crippen LogP contribution < -0.4 is 5.73 Å². The van der Waals surface area contributed by atoms with Gasteiger partial charge in [-0.1, -0.05) is 20.8 Å². The third-order valence-electron chi connectivity index (χ3n) is 2.51. The minimum absolute atomic E-state index is 0.0240. The number of hydrogen-bond donors (Lipinski definition) is 1. The van der Waals surface area contributed by atoms with Gasteiger partial charge < -0.3 is 5.73 Å². The lowest BCUT2D eigenvalue weighted by atomic mass is 9.92. The molecule has 0 radical (unpaired) electrons. The molecule has 1 aromatic rings. The van der Waals surface area contributed by atoms with Crippen molar-refractivity contribution in [3.8, 4) is 0 Å². The van der Waals surface area contributed by atoms with E-state index in [2.05, 4.69) is 4.98 Å². The van der Waals surface area contributed by atoms with E-state index in [1.807, 2.05) is 20.8 Å².